The van der Waals surface area contributed by atoms with Gasteiger partial charge < -0.3 is 19.5 Å². The molecule has 2 unspecified atom stereocenters. The first-order valence-electron chi connectivity index (χ1n) is 6.43. The fraction of sp³-hybridized carbons (Fsp3) is 0.571. The standard InChI is InChI=1S/C14H21NO3/c1-4-17-14-9-11(5-6-13(14)16-3)15-12-7-8-18-10(12)2/h5-6,9-10,12,15H,4,7-8H2,1-3H3. The van der Waals surface area contributed by atoms with E-state index in [2.05, 4.69) is 12.2 Å². The first-order valence-corrected chi connectivity index (χ1v) is 6.43. The Morgan fingerprint density at radius 1 is 1.39 bits per heavy atom. The summed E-state index contributed by atoms with van der Waals surface area (Å²) in [7, 11) is 1.65. The molecule has 4 nitrogen and oxygen atoms in total. The van der Waals surface area contributed by atoms with Crippen LogP contribution < -0.4 is 14.8 Å². The Hall–Kier alpha value is -1.42. The van der Waals surface area contributed by atoms with Crippen LogP contribution in [-0.2, 0) is 4.74 Å². The first kappa shape index (κ1) is 13.0. The minimum Gasteiger partial charge on any atom is -0.493 e. The van der Waals surface area contributed by atoms with Crippen LogP contribution in [-0.4, -0.2) is 32.5 Å². The Kier molecular flexibility index (Phi) is 4.31. The van der Waals surface area contributed by atoms with Crippen LogP contribution >= 0.6 is 0 Å². The van der Waals surface area contributed by atoms with Crippen molar-refractivity contribution in [2.75, 3.05) is 25.6 Å². The molecule has 0 saturated carbocycles. The summed E-state index contributed by atoms with van der Waals surface area (Å²) in [6, 6.07) is 6.28. The summed E-state index contributed by atoms with van der Waals surface area (Å²) in [4.78, 5) is 0. The van der Waals surface area contributed by atoms with Gasteiger partial charge in [-0.2, -0.15) is 0 Å². The summed E-state index contributed by atoms with van der Waals surface area (Å²) in [5, 5.41) is 3.48. The Labute approximate surface area is 108 Å². The smallest absolute Gasteiger partial charge is 0.163 e. The van der Waals surface area contributed by atoms with Crippen LogP contribution in [0.4, 0.5) is 5.69 Å². The zero-order chi connectivity index (χ0) is 13.0. The summed E-state index contributed by atoms with van der Waals surface area (Å²) < 4.78 is 16.4. The SMILES string of the molecule is CCOc1cc(NC2CCOC2C)ccc1OC. The van der Waals surface area contributed by atoms with Gasteiger partial charge in [0.2, 0.25) is 0 Å². The van der Waals surface area contributed by atoms with Crippen LogP contribution in [0.3, 0.4) is 0 Å². The quantitative estimate of drug-likeness (QED) is 0.873. The lowest BCUT2D eigenvalue weighted by Gasteiger charge is -2.18. The summed E-state index contributed by atoms with van der Waals surface area (Å²) in [6.07, 6.45) is 1.29. The number of methoxy groups -OCH3 is 1. The fourth-order valence-electron chi connectivity index (χ4n) is 2.17. The molecular formula is C14H21NO3. The number of hydrogen-bond donors (Lipinski definition) is 1. The Balaban J connectivity index is 2.10. The van der Waals surface area contributed by atoms with E-state index in [1.54, 1.807) is 7.11 Å². The van der Waals surface area contributed by atoms with Crippen molar-refractivity contribution >= 4 is 5.69 Å². The van der Waals surface area contributed by atoms with Gasteiger partial charge in [0.05, 0.1) is 25.9 Å². The van der Waals surface area contributed by atoms with Crippen molar-refractivity contribution in [3.05, 3.63) is 18.2 Å². The Morgan fingerprint density at radius 2 is 2.22 bits per heavy atom. The maximum Gasteiger partial charge on any atom is 0.163 e. The highest BCUT2D eigenvalue weighted by atomic mass is 16.5. The van der Waals surface area contributed by atoms with E-state index in [0.29, 0.717) is 12.6 Å². The average Bonchev–Trinajstić information content (AvgIpc) is 2.76. The van der Waals surface area contributed by atoms with Crippen molar-refractivity contribution in [2.24, 2.45) is 0 Å². The van der Waals surface area contributed by atoms with Crippen LogP contribution in [0.2, 0.25) is 0 Å². The zero-order valence-electron chi connectivity index (χ0n) is 11.2. The van der Waals surface area contributed by atoms with Gasteiger partial charge in [0.25, 0.3) is 0 Å². The highest BCUT2D eigenvalue weighted by Gasteiger charge is 2.24. The molecule has 1 N–H and O–H groups in total. The number of anilines is 1. The lowest BCUT2D eigenvalue weighted by atomic mass is 10.1. The second kappa shape index (κ2) is 5.96. The molecule has 1 saturated heterocycles. The highest BCUT2D eigenvalue weighted by molar-refractivity contribution is 5.55. The van der Waals surface area contributed by atoms with Crippen molar-refractivity contribution in [3.63, 3.8) is 0 Å². The van der Waals surface area contributed by atoms with E-state index in [1.165, 1.54) is 0 Å². The topological polar surface area (TPSA) is 39.7 Å². The van der Waals surface area contributed by atoms with Gasteiger partial charge in [-0.3, -0.25) is 0 Å². The third kappa shape index (κ3) is 2.88. The van der Waals surface area contributed by atoms with Crippen LogP contribution in [0.15, 0.2) is 18.2 Å². The van der Waals surface area contributed by atoms with Crippen LogP contribution in [0.25, 0.3) is 0 Å². The van der Waals surface area contributed by atoms with Crippen molar-refractivity contribution < 1.29 is 14.2 Å². The van der Waals surface area contributed by atoms with Crippen molar-refractivity contribution in [1.29, 1.82) is 0 Å². The van der Waals surface area contributed by atoms with Gasteiger partial charge in [0, 0.05) is 18.4 Å². The lowest BCUT2D eigenvalue weighted by Crippen LogP contribution is -2.26. The van der Waals surface area contributed by atoms with Gasteiger partial charge in [0.15, 0.2) is 11.5 Å². The molecule has 2 rings (SSSR count). The van der Waals surface area contributed by atoms with Crippen LogP contribution in [0, 0.1) is 0 Å². The zero-order valence-corrected chi connectivity index (χ0v) is 11.2. The van der Waals surface area contributed by atoms with Crippen molar-refractivity contribution in [1.82, 2.24) is 0 Å². The van der Waals surface area contributed by atoms with E-state index in [4.69, 9.17) is 14.2 Å². The Morgan fingerprint density at radius 3 is 2.83 bits per heavy atom. The lowest BCUT2D eigenvalue weighted by molar-refractivity contribution is 0.121. The number of ether oxygens (including phenoxy) is 3. The molecule has 1 heterocycles. The predicted octanol–water partition coefficient (Wildman–Crippen LogP) is 2.68. The predicted molar refractivity (Wildman–Crippen MR) is 71.6 cm³/mol. The molecule has 0 radical (unpaired) electrons. The van der Waals surface area contributed by atoms with E-state index in [-0.39, 0.29) is 6.10 Å². The minimum absolute atomic E-state index is 0.252. The van der Waals surface area contributed by atoms with E-state index >= 15 is 0 Å². The normalized spacial score (nSPS) is 22.8. The van der Waals surface area contributed by atoms with Gasteiger partial charge >= 0.3 is 0 Å². The molecule has 1 aliphatic rings. The molecule has 100 valence electrons. The summed E-state index contributed by atoms with van der Waals surface area (Å²) in [6.45, 7) is 5.51. The molecule has 0 spiro atoms. The van der Waals surface area contributed by atoms with Crippen LogP contribution in [0.1, 0.15) is 20.3 Å². The maximum absolute atomic E-state index is 5.56. The van der Waals surface area contributed by atoms with Gasteiger partial charge in [-0.25, -0.2) is 0 Å². The molecule has 18 heavy (non-hydrogen) atoms. The third-order valence-corrected chi connectivity index (χ3v) is 3.19. The number of nitrogens with one attached hydrogen (secondary N) is 1. The van der Waals surface area contributed by atoms with Crippen molar-refractivity contribution in [3.8, 4) is 11.5 Å². The molecule has 0 bridgehead atoms. The molecule has 2 atom stereocenters. The molecule has 0 aliphatic carbocycles. The number of hydrogen-bond acceptors (Lipinski definition) is 4. The molecule has 0 amide bonds. The Bertz CT molecular complexity index is 395. The van der Waals surface area contributed by atoms with E-state index < -0.39 is 0 Å². The van der Waals surface area contributed by atoms with E-state index in [0.717, 1.165) is 30.2 Å². The molecule has 1 aromatic carbocycles. The van der Waals surface area contributed by atoms with Crippen molar-refractivity contribution in [2.45, 2.75) is 32.4 Å². The molecule has 0 aromatic heterocycles. The number of rotatable bonds is 5. The average molecular weight is 251 g/mol. The van der Waals surface area contributed by atoms with Gasteiger partial charge in [0.1, 0.15) is 0 Å². The first-order chi connectivity index (χ1) is 8.74. The summed E-state index contributed by atoms with van der Waals surface area (Å²) in [5.41, 5.74) is 1.04. The van der Waals surface area contributed by atoms with E-state index in [9.17, 15) is 0 Å². The summed E-state index contributed by atoms with van der Waals surface area (Å²) >= 11 is 0. The molecule has 1 fully saturated rings. The maximum atomic E-state index is 5.56. The van der Waals surface area contributed by atoms with Crippen LogP contribution in [0.5, 0.6) is 11.5 Å². The molecule has 1 aromatic rings. The van der Waals surface area contributed by atoms with Gasteiger partial charge in [-0.1, -0.05) is 0 Å². The molecular weight excluding hydrogens is 230 g/mol. The number of benzene rings is 1. The fourth-order valence-corrected chi connectivity index (χ4v) is 2.17. The van der Waals surface area contributed by atoms with Gasteiger partial charge in [-0.15, -0.1) is 0 Å². The second-order valence-electron chi connectivity index (χ2n) is 4.41. The van der Waals surface area contributed by atoms with Gasteiger partial charge in [-0.05, 0) is 32.4 Å². The molecule has 4 heteroatoms. The minimum atomic E-state index is 0.252. The molecule has 1 aliphatic heterocycles. The summed E-state index contributed by atoms with van der Waals surface area (Å²) in [5.74, 6) is 1.54. The monoisotopic (exact) mass is 251 g/mol. The third-order valence-electron chi connectivity index (χ3n) is 3.19. The second-order valence-corrected chi connectivity index (χ2v) is 4.41. The highest BCUT2D eigenvalue weighted by Crippen LogP contribution is 2.31. The van der Waals surface area contributed by atoms with E-state index in [1.807, 2.05) is 25.1 Å². The largest absolute Gasteiger partial charge is 0.493 e.